The Labute approximate surface area is 114 Å². The highest BCUT2D eigenvalue weighted by atomic mass is 16.5. The summed E-state index contributed by atoms with van der Waals surface area (Å²) in [5, 5.41) is 19.2. The number of hydrogen-bond acceptors (Lipinski definition) is 5. The molecule has 1 fully saturated rings. The van der Waals surface area contributed by atoms with Gasteiger partial charge in [-0.1, -0.05) is 0 Å². The summed E-state index contributed by atoms with van der Waals surface area (Å²) < 4.78 is 5.11. The summed E-state index contributed by atoms with van der Waals surface area (Å²) >= 11 is 0. The predicted molar refractivity (Wildman–Crippen MR) is 77.2 cm³/mol. The summed E-state index contributed by atoms with van der Waals surface area (Å²) in [7, 11) is 3.65. The van der Waals surface area contributed by atoms with Crippen LogP contribution in [0.25, 0.3) is 0 Å². The van der Waals surface area contributed by atoms with Crippen LogP contribution in [-0.4, -0.2) is 56.2 Å². The van der Waals surface area contributed by atoms with E-state index in [1.807, 2.05) is 7.05 Å². The number of hydrogen-bond donors (Lipinski definition) is 1. The average molecular weight is 268 g/mol. The molecule has 108 valence electrons. The van der Waals surface area contributed by atoms with Crippen LogP contribution in [0.3, 0.4) is 0 Å². The molecule has 1 aliphatic carbocycles. The summed E-state index contributed by atoms with van der Waals surface area (Å²) in [4.78, 5) is 2.09. The molecule has 0 unspecified atom stereocenters. The van der Waals surface area contributed by atoms with Crippen LogP contribution in [0, 0.1) is 11.8 Å². The Balaban J connectivity index is 2.42. The van der Waals surface area contributed by atoms with E-state index in [9.17, 15) is 0 Å². The highest BCUT2D eigenvalue weighted by Crippen LogP contribution is 2.28. The summed E-state index contributed by atoms with van der Waals surface area (Å²) in [6.45, 7) is 4.78. The molecule has 1 aliphatic rings. The molecule has 6 heteroatoms. The average Bonchev–Trinajstić information content (AvgIpc) is 2.41. The van der Waals surface area contributed by atoms with E-state index in [2.05, 4.69) is 27.0 Å². The molecule has 0 aromatic heterocycles. The molecule has 1 N–H and O–H groups in total. The van der Waals surface area contributed by atoms with Crippen molar-refractivity contribution in [3.8, 4) is 0 Å². The fourth-order valence-corrected chi connectivity index (χ4v) is 2.53. The van der Waals surface area contributed by atoms with Crippen LogP contribution in [0.4, 0.5) is 0 Å². The first-order valence-corrected chi connectivity index (χ1v) is 6.61. The number of methoxy groups -OCH3 is 1. The first kappa shape index (κ1) is 15.6. The van der Waals surface area contributed by atoms with Gasteiger partial charge in [0, 0.05) is 33.6 Å². The molecule has 6 nitrogen and oxygen atoms in total. The van der Waals surface area contributed by atoms with Gasteiger partial charge in [-0.05, 0) is 37.5 Å². The minimum atomic E-state index is 0.425. The van der Waals surface area contributed by atoms with E-state index in [1.165, 1.54) is 0 Å². The van der Waals surface area contributed by atoms with Gasteiger partial charge >= 0.3 is 0 Å². The van der Waals surface area contributed by atoms with Gasteiger partial charge in [0.25, 0.3) is 0 Å². The van der Waals surface area contributed by atoms with Crippen molar-refractivity contribution in [2.75, 3.05) is 27.3 Å². The van der Waals surface area contributed by atoms with Gasteiger partial charge in [0.05, 0.1) is 0 Å². The Kier molecular flexibility index (Phi) is 7.10. The van der Waals surface area contributed by atoms with Crippen molar-refractivity contribution >= 4 is 18.8 Å². The van der Waals surface area contributed by atoms with Gasteiger partial charge in [-0.3, -0.25) is 0 Å². The lowest BCUT2D eigenvalue weighted by Crippen LogP contribution is -2.35. The molecule has 0 bridgehead atoms. The molecule has 0 spiro atoms. The van der Waals surface area contributed by atoms with E-state index in [-0.39, 0.29) is 0 Å². The third-order valence-corrected chi connectivity index (χ3v) is 3.60. The van der Waals surface area contributed by atoms with Crippen molar-refractivity contribution in [3.05, 3.63) is 0 Å². The van der Waals surface area contributed by atoms with E-state index in [4.69, 9.17) is 9.94 Å². The van der Waals surface area contributed by atoms with Crippen LogP contribution < -0.4 is 0 Å². The number of amidine groups is 1. The fraction of sp³-hybridized carbons (Fsp3) is 0.769. The fourth-order valence-electron chi connectivity index (χ4n) is 2.53. The summed E-state index contributed by atoms with van der Waals surface area (Å²) in [5.41, 5.74) is 0. The molecule has 0 saturated heterocycles. The molecule has 0 radical (unpaired) electrons. The van der Waals surface area contributed by atoms with Crippen LogP contribution in [0.2, 0.25) is 0 Å². The number of oxime groups is 1. The highest BCUT2D eigenvalue weighted by Gasteiger charge is 2.22. The molecular weight excluding hydrogens is 244 g/mol. The van der Waals surface area contributed by atoms with Crippen LogP contribution >= 0.6 is 0 Å². The van der Waals surface area contributed by atoms with Crippen molar-refractivity contribution in [2.24, 2.45) is 27.2 Å². The van der Waals surface area contributed by atoms with Crippen molar-refractivity contribution in [2.45, 2.75) is 25.7 Å². The van der Waals surface area contributed by atoms with Crippen LogP contribution in [0.5, 0.6) is 0 Å². The molecule has 19 heavy (non-hydrogen) atoms. The van der Waals surface area contributed by atoms with E-state index >= 15 is 0 Å². The maximum absolute atomic E-state index is 8.54. The third-order valence-electron chi connectivity index (χ3n) is 3.60. The Hall–Kier alpha value is -1.43. The first-order valence-electron chi connectivity index (χ1n) is 6.61. The minimum absolute atomic E-state index is 0.425. The van der Waals surface area contributed by atoms with Crippen LogP contribution in [-0.2, 0) is 4.74 Å². The molecule has 0 atom stereocenters. The predicted octanol–water partition coefficient (Wildman–Crippen LogP) is 1.85. The quantitative estimate of drug-likeness (QED) is 0.346. The molecule has 1 rings (SSSR count). The van der Waals surface area contributed by atoms with Crippen molar-refractivity contribution in [1.82, 2.24) is 4.90 Å². The lowest BCUT2D eigenvalue weighted by atomic mass is 9.82. The zero-order valence-electron chi connectivity index (χ0n) is 11.8. The normalized spacial score (nSPS) is 24.6. The Morgan fingerprint density at radius 3 is 2.63 bits per heavy atom. The van der Waals surface area contributed by atoms with Gasteiger partial charge in [-0.2, -0.15) is 5.10 Å². The van der Waals surface area contributed by atoms with Gasteiger partial charge in [0.1, 0.15) is 6.61 Å². The molecule has 0 aliphatic heterocycles. The molecule has 1 saturated carbocycles. The van der Waals surface area contributed by atoms with E-state index in [0.717, 1.165) is 38.1 Å². The molecule has 0 amide bonds. The van der Waals surface area contributed by atoms with Gasteiger partial charge in [-0.15, -0.1) is 10.3 Å². The Morgan fingerprint density at radius 1 is 1.42 bits per heavy atom. The Morgan fingerprint density at radius 2 is 2.11 bits per heavy atom. The first-order chi connectivity index (χ1) is 9.21. The van der Waals surface area contributed by atoms with Crippen molar-refractivity contribution < 1.29 is 9.94 Å². The molecule has 0 heterocycles. The molecule has 0 aromatic rings. The van der Waals surface area contributed by atoms with Gasteiger partial charge in [0.15, 0.2) is 5.84 Å². The Bertz CT molecular complexity index is 323. The van der Waals surface area contributed by atoms with Crippen LogP contribution in [0.15, 0.2) is 15.4 Å². The second-order valence-electron chi connectivity index (χ2n) is 5.02. The highest BCUT2D eigenvalue weighted by molar-refractivity contribution is 5.83. The zero-order valence-corrected chi connectivity index (χ0v) is 11.8. The van der Waals surface area contributed by atoms with Crippen LogP contribution in [0.1, 0.15) is 25.7 Å². The van der Waals surface area contributed by atoms with Crippen molar-refractivity contribution in [3.63, 3.8) is 0 Å². The number of rotatable bonds is 6. The largest absolute Gasteiger partial charge is 0.411 e. The van der Waals surface area contributed by atoms with Gasteiger partial charge in [0.2, 0.25) is 0 Å². The molecule has 0 aromatic carbocycles. The lowest BCUT2D eigenvalue weighted by Gasteiger charge is -2.30. The smallest absolute Gasteiger partial charge is 0.153 e. The van der Waals surface area contributed by atoms with Gasteiger partial charge in [-0.25, -0.2) is 0 Å². The van der Waals surface area contributed by atoms with E-state index in [1.54, 1.807) is 13.3 Å². The summed E-state index contributed by atoms with van der Waals surface area (Å²) in [6.07, 6.45) is 6.10. The maximum atomic E-state index is 8.54. The standard InChI is InChI=1S/C13H24N4O2/c1-14-16-13(10-19-3)17(2)9-12-6-4-11(5-7-12)8-15-18/h8,11-12,18H,1,4-7,9-10H2,2-3H3/b15-8+,16-13-. The number of nitrogens with zero attached hydrogens (tertiary/aromatic N) is 4. The molecular formula is C13H24N4O2. The monoisotopic (exact) mass is 268 g/mol. The third kappa shape index (κ3) is 5.38. The van der Waals surface area contributed by atoms with Crippen molar-refractivity contribution in [1.29, 1.82) is 0 Å². The zero-order chi connectivity index (χ0) is 14.1. The van der Waals surface area contributed by atoms with E-state index in [0.29, 0.717) is 18.4 Å². The number of ether oxygens (including phenoxy) is 1. The summed E-state index contributed by atoms with van der Waals surface area (Å²) in [6, 6.07) is 0. The minimum Gasteiger partial charge on any atom is -0.411 e. The van der Waals surface area contributed by atoms with Gasteiger partial charge < -0.3 is 14.8 Å². The SMILES string of the molecule is C=N/N=C(/COC)N(C)CC1CCC(/C=N/O)CC1. The topological polar surface area (TPSA) is 69.8 Å². The second kappa shape index (κ2) is 8.63. The van der Waals surface area contributed by atoms with E-state index < -0.39 is 0 Å². The number of likely N-dealkylation sites (N-methyl/N-ethyl adjacent to an activating group) is 1. The maximum Gasteiger partial charge on any atom is 0.153 e. The second-order valence-corrected chi connectivity index (χ2v) is 5.02. The summed E-state index contributed by atoms with van der Waals surface area (Å²) in [5.74, 6) is 1.87. The lowest BCUT2D eigenvalue weighted by molar-refractivity contribution is 0.221.